The van der Waals surface area contributed by atoms with E-state index in [-0.39, 0.29) is 22.8 Å². The van der Waals surface area contributed by atoms with Gasteiger partial charge in [0.15, 0.2) is 5.17 Å². The van der Waals surface area contributed by atoms with Crippen molar-refractivity contribution in [1.82, 2.24) is 0 Å². The van der Waals surface area contributed by atoms with E-state index >= 15 is 0 Å². The van der Waals surface area contributed by atoms with Gasteiger partial charge in [-0.1, -0.05) is 36.0 Å². The Morgan fingerprint density at radius 1 is 1.16 bits per heavy atom. The number of amidine groups is 1. The molecule has 1 aliphatic heterocycles. The van der Waals surface area contributed by atoms with Crippen LogP contribution in [-0.4, -0.2) is 48.5 Å². The lowest BCUT2D eigenvalue weighted by Gasteiger charge is -2.15. The van der Waals surface area contributed by atoms with E-state index < -0.39 is 23.0 Å². The van der Waals surface area contributed by atoms with Gasteiger partial charge >= 0.3 is 0 Å². The summed E-state index contributed by atoms with van der Waals surface area (Å²) in [6, 6.07) is 13.0. The maximum atomic E-state index is 12.7. The van der Waals surface area contributed by atoms with Gasteiger partial charge in [-0.25, -0.2) is 4.90 Å². The van der Waals surface area contributed by atoms with E-state index in [0.29, 0.717) is 0 Å². The Bertz CT molecular complexity index is 1050. The smallest absolute Gasteiger partial charge is 0.247 e. The van der Waals surface area contributed by atoms with Crippen molar-refractivity contribution < 1.29 is 19.5 Å². The van der Waals surface area contributed by atoms with E-state index in [1.165, 1.54) is 24.3 Å². The van der Waals surface area contributed by atoms with Gasteiger partial charge in [-0.15, -0.1) is 5.10 Å². The molecule has 1 saturated heterocycles. The number of nitrogens with two attached hydrogens (primary N) is 1. The van der Waals surface area contributed by atoms with Crippen molar-refractivity contribution >= 4 is 52.3 Å². The van der Waals surface area contributed by atoms with Crippen molar-refractivity contribution in [3.8, 4) is 0 Å². The van der Waals surface area contributed by atoms with E-state index in [0.717, 1.165) is 27.9 Å². The number of carbonyl (C=O) groups excluding carboxylic acids is 3. The first-order valence-electron chi connectivity index (χ1n) is 9.25. The van der Waals surface area contributed by atoms with Crippen LogP contribution in [-0.2, 0) is 9.59 Å². The van der Waals surface area contributed by atoms with Crippen LogP contribution in [0.15, 0.2) is 58.7 Å². The summed E-state index contributed by atoms with van der Waals surface area (Å²) in [6.07, 6.45) is 1.50. The number of anilines is 2. The van der Waals surface area contributed by atoms with Crippen LogP contribution in [0, 0.1) is 0 Å². The second-order valence-corrected chi connectivity index (χ2v) is 8.10. The van der Waals surface area contributed by atoms with Gasteiger partial charge in [0.05, 0.1) is 17.9 Å². The molecule has 3 rings (SSSR count). The number of hydrogen-bond donors (Lipinski definition) is 1. The summed E-state index contributed by atoms with van der Waals surface area (Å²) >= 11 is 0.958. The molecular weight excluding hydrogens is 418 g/mol. The number of carbonyl (C=O) groups is 3. The van der Waals surface area contributed by atoms with Crippen LogP contribution in [0.25, 0.3) is 0 Å². The molecule has 1 heterocycles. The van der Waals surface area contributed by atoms with Gasteiger partial charge in [-0.2, -0.15) is 5.10 Å². The molecule has 0 aliphatic carbocycles. The zero-order valence-electron chi connectivity index (χ0n) is 16.9. The van der Waals surface area contributed by atoms with E-state index in [1.807, 2.05) is 43.3 Å². The highest BCUT2D eigenvalue weighted by Gasteiger charge is 2.40. The van der Waals surface area contributed by atoms with Crippen molar-refractivity contribution in [2.45, 2.75) is 11.7 Å². The second-order valence-electron chi connectivity index (χ2n) is 6.88. The molecule has 31 heavy (non-hydrogen) atoms. The van der Waals surface area contributed by atoms with Gasteiger partial charge in [0, 0.05) is 26.2 Å². The topological polar surface area (TPSA) is 131 Å². The standard InChI is InChI=1S/C21H21N5O4S/c1-25(2)15-7-3-13(4-8-15)12-23-24-21(22)31-17-11-18(27)26(19(17)28)16-9-5-14(6-10-16)20(29)30/h3-10,12,17H,11H2,1-2H3,(H2,22,24)(H,29,30)/p-1/b23-12-/t17-/m0/s1. The predicted molar refractivity (Wildman–Crippen MR) is 119 cm³/mol. The molecule has 2 aromatic rings. The van der Waals surface area contributed by atoms with Gasteiger partial charge in [0.1, 0.15) is 5.25 Å². The number of thioether (sulfide) groups is 1. The monoisotopic (exact) mass is 438 g/mol. The summed E-state index contributed by atoms with van der Waals surface area (Å²) in [4.78, 5) is 38.8. The number of rotatable bonds is 6. The maximum Gasteiger partial charge on any atom is 0.247 e. The minimum atomic E-state index is -1.34. The normalized spacial score (nSPS) is 16.9. The fraction of sp³-hybridized carbons (Fsp3) is 0.190. The van der Waals surface area contributed by atoms with Crippen LogP contribution >= 0.6 is 11.8 Å². The number of nitrogens with zero attached hydrogens (tertiary/aromatic N) is 4. The average Bonchev–Trinajstić information content (AvgIpc) is 3.01. The molecule has 0 radical (unpaired) electrons. The van der Waals surface area contributed by atoms with Gasteiger partial charge in [0.25, 0.3) is 0 Å². The number of benzene rings is 2. The average molecular weight is 438 g/mol. The van der Waals surface area contributed by atoms with Crippen molar-refractivity contribution in [3.05, 3.63) is 59.7 Å². The van der Waals surface area contributed by atoms with Crippen molar-refractivity contribution in [1.29, 1.82) is 0 Å². The molecule has 1 atom stereocenters. The lowest BCUT2D eigenvalue weighted by molar-refractivity contribution is -0.255. The molecule has 0 bridgehead atoms. The minimum Gasteiger partial charge on any atom is -0.545 e. The Labute approximate surface area is 183 Å². The van der Waals surface area contributed by atoms with Crippen molar-refractivity contribution in [2.24, 2.45) is 15.9 Å². The van der Waals surface area contributed by atoms with E-state index in [4.69, 9.17) is 5.73 Å². The van der Waals surface area contributed by atoms with Crippen LogP contribution in [0.4, 0.5) is 11.4 Å². The number of carboxylic acid groups (broad SMARTS) is 1. The zero-order valence-corrected chi connectivity index (χ0v) is 17.7. The lowest BCUT2D eigenvalue weighted by atomic mass is 10.2. The number of carboxylic acids is 1. The van der Waals surface area contributed by atoms with Crippen LogP contribution in [0.2, 0.25) is 0 Å². The molecular formula is C21H20N5O4S-. The van der Waals surface area contributed by atoms with E-state index in [9.17, 15) is 19.5 Å². The molecule has 1 fully saturated rings. The van der Waals surface area contributed by atoms with Crippen LogP contribution in [0.5, 0.6) is 0 Å². The quantitative estimate of drug-likeness (QED) is 0.306. The third-order valence-corrected chi connectivity index (χ3v) is 5.48. The van der Waals surface area contributed by atoms with Crippen LogP contribution in [0.1, 0.15) is 22.3 Å². The maximum absolute atomic E-state index is 12.7. The summed E-state index contributed by atoms with van der Waals surface area (Å²) in [5.74, 6) is -2.18. The largest absolute Gasteiger partial charge is 0.545 e. The second kappa shape index (κ2) is 9.43. The SMILES string of the molecule is CN(C)c1ccc(/C=N\N=C(N)S[C@H]2CC(=O)N(c3ccc(C(=O)[O-])cc3)C2=O)cc1. The lowest BCUT2D eigenvalue weighted by Crippen LogP contribution is -2.32. The van der Waals surface area contributed by atoms with Gasteiger partial charge in [-0.05, 0) is 35.4 Å². The summed E-state index contributed by atoms with van der Waals surface area (Å²) in [7, 11) is 3.90. The highest BCUT2D eigenvalue weighted by Crippen LogP contribution is 2.29. The minimum absolute atomic E-state index is 0.0423. The highest BCUT2D eigenvalue weighted by atomic mass is 32.2. The first-order valence-corrected chi connectivity index (χ1v) is 10.1. The summed E-state index contributed by atoms with van der Waals surface area (Å²) < 4.78 is 0. The van der Waals surface area contributed by atoms with Crippen LogP contribution < -0.4 is 20.6 Å². The molecule has 0 spiro atoms. The Morgan fingerprint density at radius 3 is 2.39 bits per heavy atom. The van der Waals surface area contributed by atoms with Crippen molar-refractivity contribution in [3.63, 3.8) is 0 Å². The third kappa shape index (κ3) is 5.28. The fourth-order valence-electron chi connectivity index (χ4n) is 2.89. The third-order valence-electron chi connectivity index (χ3n) is 4.50. The molecule has 0 aromatic heterocycles. The Morgan fingerprint density at radius 2 is 1.81 bits per heavy atom. The summed E-state index contributed by atoms with van der Waals surface area (Å²) in [5.41, 5.74) is 8.01. The van der Waals surface area contributed by atoms with Gasteiger partial charge in [0.2, 0.25) is 11.8 Å². The van der Waals surface area contributed by atoms with E-state index in [2.05, 4.69) is 10.2 Å². The van der Waals surface area contributed by atoms with E-state index in [1.54, 1.807) is 6.21 Å². The molecule has 0 unspecified atom stereocenters. The van der Waals surface area contributed by atoms with Gasteiger partial charge < -0.3 is 20.5 Å². The Hall–Kier alpha value is -3.66. The fourth-order valence-corrected chi connectivity index (χ4v) is 3.71. The van der Waals surface area contributed by atoms with Crippen molar-refractivity contribution in [2.75, 3.05) is 23.9 Å². The molecule has 160 valence electrons. The highest BCUT2D eigenvalue weighted by molar-refractivity contribution is 8.14. The first-order chi connectivity index (χ1) is 14.8. The molecule has 9 nitrogen and oxygen atoms in total. The molecule has 2 N–H and O–H groups in total. The summed E-state index contributed by atoms with van der Waals surface area (Å²) in [6.45, 7) is 0. The Balaban J connectivity index is 1.63. The Kier molecular flexibility index (Phi) is 6.71. The number of imide groups is 1. The molecule has 2 aromatic carbocycles. The molecule has 2 amide bonds. The number of aromatic carboxylic acids is 1. The van der Waals surface area contributed by atoms with Crippen LogP contribution in [0.3, 0.4) is 0 Å². The van der Waals surface area contributed by atoms with Gasteiger partial charge in [-0.3, -0.25) is 9.59 Å². The zero-order chi connectivity index (χ0) is 22.5. The number of amides is 2. The number of hydrogen-bond acceptors (Lipinski definition) is 8. The molecule has 1 aliphatic rings. The predicted octanol–water partition coefficient (Wildman–Crippen LogP) is 0.830. The molecule has 10 heteroatoms. The molecule has 0 saturated carbocycles. The first kappa shape index (κ1) is 22.0. The summed E-state index contributed by atoms with van der Waals surface area (Å²) in [5, 5.41) is 18.0.